The van der Waals surface area contributed by atoms with Crippen molar-refractivity contribution in [3.63, 3.8) is 0 Å². The largest absolute Gasteiger partial charge is 0.493 e. The van der Waals surface area contributed by atoms with E-state index in [0.717, 1.165) is 0 Å². The van der Waals surface area contributed by atoms with Crippen molar-refractivity contribution in [2.24, 2.45) is 5.10 Å². The maximum absolute atomic E-state index is 12.1. The molecule has 2 amide bonds. The maximum atomic E-state index is 12.1. The molecule has 0 aliphatic heterocycles. The zero-order valence-corrected chi connectivity index (χ0v) is 15.0. The molecule has 0 aliphatic carbocycles. The molecule has 0 heterocycles. The fourth-order valence-electron chi connectivity index (χ4n) is 2.14. The van der Waals surface area contributed by atoms with E-state index in [4.69, 9.17) is 15.9 Å². The summed E-state index contributed by atoms with van der Waals surface area (Å²) < 4.78 is 10.6. The Labute approximate surface area is 157 Å². The number of rotatable bonds is 7. The van der Waals surface area contributed by atoms with Gasteiger partial charge in [0.1, 0.15) is 6.61 Å². The monoisotopic (exact) mass is 365 g/mol. The van der Waals surface area contributed by atoms with E-state index in [-0.39, 0.29) is 18.4 Å². The first kappa shape index (κ1) is 19.5. The zero-order chi connectivity index (χ0) is 19.6. The fraction of sp³-hybridized carbons (Fsp3) is 0.150. The molecule has 2 N–H and O–H groups in total. The van der Waals surface area contributed by atoms with Gasteiger partial charge < -0.3 is 14.8 Å². The number of ether oxygens (including phenoxy) is 2. The molecule has 2 aromatic carbocycles. The lowest BCUT2D eigenvalue weighted by Gasteiger charge is -2.09. The Kier molecular flexibility index (Phi) is 6.97. The quantitative estimate of drug-likeness (QED) is 0.448. The number of carbonyl (C=O) groups is 2. The fourth-order valence-corrected chi connectivity index (χ4v) is 2.14. The topological polar surface area (TPSA) is 89.0 Å². The third-order valence-electron chi connectivity index (χ3n) is 3.35. The maximum Gasteiger partial charge on any atom is 0.271 e. The number of hydrazone groups is 1. The van der Waals surface area contributed by atoms with Crippen molar-refractivity contribution in [3.05, 3.63) is 53.6 Å². The second-order valence-electron chi connectivity index (χ2n) is 5.36. The number of hydrogen-bond acceptors (Lipinski definition) is 5. The lowest BCUT2D eigenvalue weighted by Crippen LogP contribution is -2.17. The first-order chi connectivity index (χ1) is 13.0. The molecule has 0 bridgehead atoms. The molecular weight excluding hydrogens is 346 g/mol. The Morgan fingerprint density at radius 1 is 1.19 bits per heavy atom. The van der Waals surface area contributed by atoms with E-state index in [0.29, 0.717) is 28.3 Å². The Morgan fingerprint density at radius 2 is 1.93 bits per heavy atom. The molecule has 2 aromatic rings. The van der Waals surface area contributed by atoms with Gasteiger partial charge in [0, 0.05) is 18.2 Å². The summed E-state index contributed by atoms with van der Waals surface area (Å²) in [7, 11) is 1.52. The van der Waals surface area contributed by atoms with Crippen molar-refractivity contribution in [1.29, 1.82) is 0 Å². The molecule has 7 nitrogen and oxygen atoms in total. The number of anilines is 1. The summed E-state index contributed by atoms with van der Waals surface area (Å²) in [6.07, 6.45) is 6.66. The van der Waals surface area contributed by atoms with Gasteiger partial charge in [0.25, 0.3) is 5.91 Å². The van der Waals surface area contributed by atoms with Gasteiger partial charge in [-0.1, -0.05) is 5.92 Å². The second kappa shape index (κ2) is 9.63. The Balaban J connectivity index is 1.99. The average molecular weight is 365 g/mol. The van der Waals surface area contributed by atoms with Crippen molar-refractivity contribution in [2.45, 2.75) is 6.92 Å². The molecule has 7 heteroatoms. The van der Waals surface area contributed by atoms with Crippen LogP contribution >= 0.6 is 0 Å². The molecule has 2 rings (SSSR count). The summed E-state index contributed by atoms with van der Waals surface area (Å²) in [4.78, 5) is 23.1. The molecule has 0 saturated heterocycles. The smallest absolute Gasteiger partial charge is 0.271 e. The van der Waals surface area contributed by atoms with Crippen molar-refractivity contribution >= 4 is 23.7 Å². The summed E-state index contributed by atoms with van der Waals surface area (Å²) in [5.74, 6) is 2.87. The minimum absolute atomic E-state index is 0.139. The van der Waals surface area contributed by atoms with Crippen molar-refractivity contribution in [1.82, 2.24) is 5.43 Å². The minimum Gasteiger partial charge on any atom is -0.493 e. The Bertz CT molecular complexity index is 883. The van der Waals surface area contributed by atoms with Crippen LogP contribution in [0, 0.1) is 12.3 Å². The lowest BCUT2D eigenvalue weighted by atomic mass is 10.2. The van der Waals surface area contributed by atoms with Crippen LogP contribution in [-0.2, 0) is 4.79 Å². The number of benzene rings is 2. The molecular formula is C20H19N3O4. The first-order valence-corrected chi connectivity index (χ1v) is 7.99. The van der Waals surface area contributed by atoms with E-state index in [2.05, 4.69) is 21.8 Å². The number of carbonyl (C=O) groups excluding carboxylic acids is 2. The highest BCUT2D eigenvalue weighted by Crippen LogP contribution is 2.27. The summed E-state index contributed by atoms with van der Waals surface area (Å²) in [5.41, 5.74) is 4.17. The molecule has 0 fully saturated rings. The molecule has 0 atom stereocenters. The van der Waals surface area contributed by atoms with Crippen LogP contribution in [0.5, 0.6) is 11.5 Å². The third kappa shape index (κ3) is 5.90. The van der Waals surface area contributed by atoms with Crippen LogP contribution < -0.4 is 20.2 Å². The van der Waals surface area contributed by atoms with Gasteiger partial charge in [-0.05, 0) is 48.0 Å². The van der Waals surface area contributed by atoms with Gasteiger partial charge in [-0.25, -0.2) is 5.43 Å². The lowest BCUT2D eigenvalue weighted by molar-refractivity contribution is -0.114. The van der Waals surface area contributed by atoms with Crippen LogP contribution in [0.3, 0.4) is 0 Å². The van der Waals surface area contributed by atoms with Gasteiger partial charge >= 0.3 is 0 Å². The number of amides is 2. The van der Waals surface area contributed by atoms with Gasteiger partial charge in [0.2, 0.25) is 5.91 Å². The van der Waals surface area contributed by atoms with Gasteiger partial charge in [-0.2, -0.15) is 5.10 Å². The highest BCUT2D eigenvalue weighted by Gasteiger charge is 2.06. The number of hydrogen-bond donors (Lipinski definition) is 2. The highest BCUT2D eigenvalue weighted by atomic mass is 16.5. The third-order valence-corrected chi connectivity index (χ3v) is 3.35. The van der Waals surface area contributed by atoms with E-state index in [1.807, 2.05) is 0 Å². The SMILES string of the molecule is C#CCOc1ccc(C=NNC(=O)c2ccc(NC(C)=O)cc2)cc1OC. The average Bonchev–Trinajstić information content (AvgIpc) is 2.66. The Morgan fingerprint density at radius 3 is 2.56 bits per heavy atom. The van der Waals surface area contributed by atoms with Crippen LogP contribution in [-0.4, -0.2) is 31.7 Å². The van der Waals surface area contributed by atoms with Crippen LogP contribution in [0.25, 0.3) is 0 Å². The molecule has 0 unspecified atom stereocenters. The molecule has 27 heavy (non-hydrogen) atoms. The van der Waals surface area contributed by atoms with Gasteiger partial charge in [0.15, 0.2) is 11.5 Å². The molecule has 0 aromatic heterocycles. The second-order valence-corrected chi connectivity index (χ2v) is 5.36. The van der Waals surface area contributed by atoms with Crippen LogP contribution in [0.1, 0.15) is 22.8 Å². The number of methoxy groups -OCH3 is 1. The van der Waals surface area contributed by atoms with E-state index >= 15 is 0 Å². The van der Waals surface area contributed by atoms with E-state index in [9.17, 15) is 9.59 Å². The molecule has 0 spiro atoms. The van der Waals surface area contributed by atoms with Gasteiger partial charge in [-0.3, -0.25) is 9.59 Å². The number of nitrogens with zero attached hydrogens (tertiary/aromatic N) is 1. The molecule has 0 aliphatic rings. The first-order valence-electron chi connectivity index (χ1n) is 7.99. The standard InChI is InChI=1S/C20H19N3O4/c1-4-11-27-18-10-5-15(12-19(18)26-3)13-21-23-20(25)16-6-8-17(9-7-16)22-14(2)24/h1,5-10,12-13H,11H2,2-3H3,(H,22,24)(H,23,25). The van der Waals surface area contributed by atoms with E-state index in [1.54, 1.807) is 42.5 Å². The molecule has 0 saturated carbocycles. The highest BCUT2D eigenvalue weighted by molar-refractivity contribution is 5.96. The summed E-state index contributed by atoms with van der Waals surface area (Å²) >= 11 is 0. The number of terminal acetylenes is 1. The zero-order valence-electron chi connectivity index (χ0n) is 15.0. The minimum atomic E-state index is -0.374. The number of nitrogens with one attached hydrogen (secondary N) is 2. The van der Waals surface area contributed by atoms with Crippen LogP contribution in [0.15, 0.2) is 47.6 Å². The predicted molar refractivity (Wildman–Crippen MR) is 103 cm³/mol. The van der Waals surface area contributed by atoms with Crippen molar-refractivity contribution in [3.8, 4) is 23.8 Å². The van der Waals surface area contributed by atoms with Gasteiger partial charge in [0.05, 0.1) is 13.3 Å². The Hall–Kier alpha value is -3.79. The van der Waals surface area contributed by atoms with Crippen LogP contribution in [0.2, 0.25) is 0 Å². The van der Waals surface area contributed by atoms with Crippen molar-refractivity contribution < 1.29 is 19.1 Å². The van der Waals surface area contributed by atoms with E-state index in [1.165, 1.54) is 20.2 Å². The van der Waals surface area contributed by atoms with Crippen molar-refractivity contribution in [2.75, 3.05) is 19.0 Å². The summed E-state index contributed by atoms with van der Waals surface area (Å²) in [6, 6.07) is 11.6. The summed E-state index contributed by atoms with van der Waals surface area (Å²) in [6.45, 7) is 1.55. The van der Waals surface area contributed by atoms with E-state index < -0.39 is 0 Å². The predicted octanol–water partition coefficient (Wildman–Crippen LogP) is 2.43. The summed E-state index contributed by atoms with van der Waals surface area (Å²) in [5, 5.41) is 6.56. The van der Waals surface area contributed by atoms with Crippen LogP contribution in [0.4, 0.5) is 5.69 Å². The molecule has 0 radical (unpaired) electrons. The van der Waals surface area contributed by atoms with Gasteiger partial charge in [-0.15, -0.1) is 6.42 Å². The normalized spacial score (nSPS) is 10.1. The molecule has 138 valence electrons.